The van der Waals surface area contributed by atoms with Gasteiger partial charge in [-0.25, -0.2) is 4.79 Å². The maximum atomic E-state index is 13.6. The molecular formula is C22H28N4O5S3. The van der Waals surface area contributed by atoms with E-state index < -0.39 is 34.2 Å². The van der Waals surface area contributed by atoms with E-state index in [9.17, 15) is 24.6 Å². The van der Waals surface area contributed by atoms with E-state index in [0.717, 1.165) is 17.3 Å². The van der Waals surface area contributed by atoms with E-state index in [1.165, 1.54) is 40.6 Å². The quantitative estimate of drug-likeness (QED) is 0.362. The molecule has 34 heavy (non-hydrogen) atoms. The monoisotopic (exact) mass is 524 g/mol. The standard InChI is InChI=1S/C22H28N4O5S3/c1-4-9-24-10-25(11-33-21(24)32)15(12-5-7-13(27)8-6-12)17(28)23-14-18(29)26-16(20(30)31)22(2,3)34-19(14)26/h5-8,14-16,19,27H,4,9-11H2,1-3H3,(H,23,28)(H,30,31)/t14-,15-,16?,19?/m1/s1. The van der Waals surface area contributed by atoms with E-state index >= 15 is 0 Å². The van der Waals surface area contributed by atoms with E-state index in [4.69, 9.17) is 12.2 Å². The molecule has 1 aromatic carbocycles. The summed E-state index contributed by atoms with van der Waals surface area (Å²) in [6.07, 6.45) is 0.913. The number of phenolic OH excluding ortho intramolecular Hbond substituents is 1. The van der Waals surface area contributed by atoms with Crippen LogP contribution in [0, 0.1) is 0 Å². The molecular weight excluding hydrogens is 496 g/mol. The van der Waals surface area contributed by atoms with Gasteiger partial charge in [0.25, 0.3) is 0 Å². The lowest BCUT2D eigenvalue weighted by molar-refractivity contribution is -0.161. The Bertz CT molecular complexity index is 1000. The first-order chi connectivity index (χ1) is 16.0. The molecule has 0 radical (unpaired) electrons. The Kier molecular flexibility index (Phi) is 7.05. The van der Waals surface area contributed by atoms with Gasteiger partial charge in [0.15, 0.2) is 0 Å². The highest BCUT2D eigenvalue weighted by Crippen LogP contribution is 2.50. The van der Waals surface area contributed by atoms with Crippen molar-refractivity contribution in [1.82, 2.24) is 20.0 Å². The molecule has 1 aromatic rings. The molecule has 3 aliphatic rings. The Morgan fingerprint density at radius 1 is 1.29 bits per heavy atom. The molecule has 3 saturated heterocycles. The Labute approximate surface area is 212 Å². The number of nitrogens with one attached hydrogen (secondary N) is 1. The first-order valence-electron chi connectivity index (χ1n) is 11.0. The minimum Gasteiger partial charge on any atom is -0.508 e. The average Bonchev–Trinajstić information content (AvgIpc) is 3.04. The van der Waals surface area contributed by atoms with Gasteiger partial charge in [0.1, 0.15) is 33.6 Å². The number of aromatic hydroxyl groups is 1. The van der Waals surface area contributed by atoms with Crippen molar-refractivity contribution in [1.29, 1.82) is 0 Å². The number of aliphatic carboxylic acids is 1. The number of β-lactam (4-membered cyclic amide) rings is 1. The molecule has 0 saturated carbocycles. The number of carboxylic acids is 1. The molecule has 3 fully saturated rings. The van der Waals surface area contributed by atoms with Crippen LogP contribution in [-0.2, 0) is 14.4 Å². The third-order valence-corrected chi connectivity index (χ3v) is 9.40. The van der Waals surface area contributed by atoms with E-state index in [1.54, 1.807) is 26.0 Å². The van der Waals surface area contributed by atoms with Gasteiger partial charge in [-0.15, -0.1) is 11.8 Å². The van der Waals surface area contributed by atoms with Crippen LogP contribution in [0.3, 0.4) is 0 Å². The van der Waals surface area contributed by atoms with Crippen molar-refractivity contribution in [3.05, 3.63) is 29.8 Å². The third-order valence-electron chi connectivity index (χ3n) is 6.25. The summed E-state index contributed by atoms with van der Waals surface area (Å²) in [6.45, 7) is 6.91. The van der Waals surface area contributed by atoms with Crippen LogP contribution in [0.25, 0.3) is 0 Å². The van der Waals surface area contributed by atoms with Crippen LogP contribution in [0.4, 0.5) is 0 Å². The zero-order chi connectivity index (χ0) is 24.8. The second kappa shape index (κ2) is 9.56. The molecule has 9 nitrogen and oxygen atoms in total. The summed E-state index contributed by atoms with van der Waals surface area (Å²) in [5.41, 5.74) is 0.687. The minimum absolute atomic E-state index is 0.0961. The van der Waals surface area contributed by atoms with E-state index in [-0.39, 0.29) is 17.6 Å². The van der Waals surface area contributed by atoms with E-state index in [0.29, 0.717) is 18.1 Å². The summed E-state index contributed by atoms with van der Waals surface area (Å²) in [6, 6.07) is 4.04. The Morgan fingerprint density at radius 2 is 1.97 bits per heavy atom. The van der Waals surface area contributed by atoms with Crippen LogP contribution in [0.5, 0.6) is 5.75 Å². The van der Waals surface area contributed by atoms with Gasteiger partial charge in [-0.1, -0.05) is 43.0 Å². The number of phenols is 1. The number of rotatable bonds is 7. The summed E-state index contributed by atoms with van der Waals surface area (Å²) >= 11 is 8.36. The molecule has 2 unspecified atom stereocenters. The van der Waals surface area contributed by atoms with Crippen LogP contribution in [0.15, 0.2) is 24.3 Å². The minimum atomic E-state index is -1.04. The number of amides is 2. The first kappa shape index (κ1) is 25.1. The molecule has 0 aromatic heterocycles. The van der Waals surface area contributed by atoms with Crippen molar-refractivity contribution >= 4 is 57.8 Å². The summed E-state index contributed by atoms with van der Waals surface area (Å²) in [4.78, 5) is 43.7. The Balaban J connectivity index is 1.56. The zero-order valence-electron chi connectivity index (χ0n) is 19.1. The maximum absolute atomic E-state index is 13.6. The van der Waals surface area contributed by atoms with Gasteiger partial charge in [0.05, 0.1) is 12.5 Å². The van der Waals surface area contributed by atoms with Crippen molar-refractivity contribution in [3.63, 3.8) is 0 Å². The predicted molar refractivity (Wildman–Crippen MR) is 135 cm³/mol. The Morgan fingerprint density at radius 3 is 2.59 bits per heavy atom. The molecule has 4 atom stereocenters. The van der Waals surface area contributed by atoms with E-state index in [1.807, 2.05) is 9.80 Å². The van der Waals surface area contributed by atoms with Crippen LogP contribution < -0.4 is 5.32 Å². The lowest BCUT2D eigenvalue weighted by atomic mass is 9.95. The zero-order valence-corrected chi connectivity index (χ0v) is 21.6. The fraction of sp³-hybridized carbons (Fsp3) is 0.545. The summed E-state index contributed by atoms with van der Waals surface area (Å²) < 4.78 is 0.124. The molecule has 184 valence electrons. The van der Waals surface area contributed by atoms with Crippen LogP contribution in [-0.4, -0.2) is 88.3 Å². The number of hydrogen-bond donors (Lipinski definition) is 3. The Hall–Kier alpha value is -2.02. The summed E-state index contributed by atoms with van der Waals surface area (Å²) in [7, 11) is 0. The second-order valence-electron chi connectivity index (χ2n) is 9.11. The van der Waals surface area contributed by atoms with Crippen LogP contribution in [0.1, 0.15) is 38.8 Å². The van der Waals surface area contributed by atoms with Crippen LogP contribution in [0.2, 0.25) is 0 Å². The molecule has 0 aliphatic carbocycles. The van der Waals surface area contributed by atoms with Crippen molar-refractivity contribution in [2.24, 2.45) is 0 Å². The van der Waals surface area contributed by atoms with E-state index in [2.05, 4.69) is 12.2 Å². The smallest absolute Gasteiger partial charge is 0.327 e. The van der Waals surface area contributed by atoms with Crippen molar-refractivity contribution in [2.75, 3.05) is 19.1 Å². The van der Waals surface area contributed by atoms with Crippen molar-refractivity contribution in [2.45, 2.75) is 55.4 Å². The number of thiocarbonyl (C=S) groups is 1. The SMILES string of the molecule is CCCN1CN([C@@H](C(=O)N[C@@H]2C(=O)N3C2SC(C)(C)C3C(=O)O)c2ccc(O)cc2)CSC1=S. The van der Waals surface area contributed by atoms with Gasteiger partial charge in [-0.05, 0) is 38.0 Å². The number of carbonyl (C=O) groups excluding carboxylic acids is 2. The maximum Gasteiger partial charge on any atom is 0.327 e. The van der Waals surface area contributed by atoms with Gasteiger partial charge in [0, 0.05) is 11.3 Å². The third kappa shape index (κ3) is 4.48. The van der Waals surface area contributed by atoms with Crippen LogP contribution >= 0.6 is 35.7 Å². The molecule has 3 aliphatic heterocycles. The number of fused-ring (bicyclic) bond motifs is 1. The molecule has 2 amide bonds. The largest absolute Gasteiger partial charge is 0.508 e. The lowest BCUT2D eigenvalue weighted by Gasteiger charge is -2.45. The fourth-order valence-corrected chi connectivity index (χ4v) is 7.47. The molecule has 0 bridgehead atoms. The topological polar surface area (TPSA) is 113 Å². The normalized spacial score (nSPS) is 27.2. The molecule has 12 heteroatoms. The molecule has 4 rings (SSSR count). The number of carbonyl (C=O) groups is 3. The number of benzene rings is 1. The predicted octanol–water partition coefficient (Wildman–Crippen LogP) is 2.03. The number of carboxylic acid groups (broad SMARTS) is 1. The lowest BCUT2D eigenvalue weighted by Crippen LogP contribution is -2.71. The number of thioether (sulfide) groups is 2. The number of nitrogens with zero attached hydrogens (tertiary/aromatic N) is 3. The average molecular weight is 525 g/mol. The highest BCUT2D eigenvalue weighted by atomic mass is 32.2. The molecule has 3 N–H and O–H groups in total. The highest BCUT2D eigenvalue weighted by Gasteiger charge is 2.64. The second-order valence-corrected chi connectivity index (χ2v) is 12.5. The van der Waals surface area contributed by atoms with Gasteiger partial charge >= 0.3 is 5.97 Å². The number of hydrogen-bond acceptors (Lipinski definition) is 8. The molecule has 0 spiro atoms. The van der Waals surface area contributed by atoms with Crippen molar-refractivity contribution in [3.8, 4) is 5.75 Å². The van der Waals surface area contributed by atoms with Gasteiger partial charge in [-0.3, -0.25) is 14.5 Å². The van der Waals surface area contributed by atoms with Gasteiger partial charge < -0.3 is 25.3 Å². The fourth-order valence-electron chi connectivity index (χ4n) is 4.70. The highest BCUT2D eigenvalue weighted by molar-refractivity contribution is 8.22. The first-order valence-corrected chi connectivity index (χ1v) is 13.3. The summed E-state index contributed by atoms with van der Waals surface area (Å²) in [5.74, 6) is -1.16. The van der Waals surface area contributed by atoms with Gasteiger partial charge in [-0.2, -0.15) is 0 Å². The molecule has 3 heterocycles. The van der Waals surface area contributed by atoms with Crippen molar-refractivity contribution < 1.29 is 24.6 Å². The summed E-state index contributed by atoms with van der Waals surface area (Å²) in [5, 5.41) is 21.8. The van der Waals surface area contributed by atoms with Gasteiger partial charge in [0.2, 0.25) is 11.8 Å².